The van der Waals surface area contributed by atoms with E-state index in [0.717, 1.165) is 29.9 Å². The van der Waals surface area contributed by atoms with Gasteiger partial charge in [0.15, 0.2) is 5.76 Å². The quantitative estimate of drug-likeness (QED) is 0.241. The van der Waals surface area contributed by atoms with Crippen LogP contribution in [0.25, 0.3) is 22.3 Å². The highest BCUT2D eigenvalue weighted by Crippen LogP contribution is 2.43. The monoisotopic (exact) mass is 593 g/mol. The maximum absolute atomic E-state index is 13.0. The van der Waals surface area contributed by atoms with Crippen LogP contribution in [0.5, 0.6) is 0 Å². The summed E-state index contributed by atoms with van der Waals surface area (Å²) < 4.78 is 72.3. The third-order valence-corrected chi connectivity index (χ3v) is 8.10. The van der Waals surface area contributed by atoms with Crippen molar-refractivity contribution in [3.8, 4) is 17.4 Å². The molecular weight excluding hydrogens is 574 g/mol. The normalized spacial score (nSPS) is 14.2. The molecule has 37 heavy (non-hydrogen) atoms. The molecule has 192 valence electrons. The Morgan fingerprint density at radius 1 is 1.24 bits per heavy atom. The van der Waals surface area contributed by atoms with Crippen LogP contribution in [-0.4, -0.2) is 23.5 Å². The number of nitrogens with one attached hydrogen (secondary N) is 1. The van der Waals surface area contributed by atoms with Crippen molar-refractivity contribution in [2.45, 2.75) is 44.2 Å². The molecule has 0 saturated heterocycles. The summed E-state index contributed by atoms with van der Waals surface area (Å²) in [7, 11) is -5.62. The molecule has 0 spiro atoms. The van der Waals surface area contributed by atoms with E-state index in [1.807, 2.05) is 23.6 Å². The Bertz CT molecular complexity index is 1660. The summed E-state index contributed by atoms with van der Waals surface area (Å²) in [6.07, 6.45) is 2.74. The molecule has 12 heteroatoms. The van der Waals surface area contributed by atoms with Gasteiger partial charge in [-0.1, -0.05) is 25.1 Å². The van der Waals surface area contributed by atoms with Crippen molar-refractivity contribution in [2.24, 2.45) is 0 Å². The van der Waals surface area contributed by atoms with E-state index in [1.54, 1.807) is 16.9 Å². The Morgan fingerprint density at radius 2 is 1.97 bits per heavy atom. The van der Waals surface area contributed by atoms with E-state index in [2.05, 4.69) is 22.0 Å². The number of anilines is 1. The number of para-hydroxylation sites is 1. The van der Waals surface area contributed by atoms with E-state index < -0.39 is 15.5 Å². The number of halogens is 4. The zero-order valence-corrected chi connectivity index (χ0v) is 21.8. The van der Waals surface area contributed by atoms with Gasteiger partial charge in [0.05, 0.1) is 22.4 Å². The number of benzene rings is 2. The van der Waals surface area contributed by atoms with Gasteiger partial charge in [0.2, 0.25) is 0 Å². The minimum absolute atomic E-state index is 0.142. The molecule has 1 aliphatic carbocycles. The average Bonchev–Trinajstić information content (AvgIpc) is 3.57. The van der Waals surface area contributed by atoms with E-state index >= 15 is 0 Å². The fourth-order valence-corrected chi connectivity index (χ4v) is 5.45. The smallest absolute Gasteiger partial charge is 0.455 e. The van der Waals surface area contributed by atoms with Gasteiger partial charge in [-0.2, -0.15) is 26.9 Å². The van der Waals surface area contributed by atoms with Crippen LogP contribution >= 0.6 is 15.9 Å². The number of sulfonamides is 1. The number of aryl methyl sites for hydroxylation is 1. The topological polar surface area (TPSA) is 101 Å². The van der Waals surface area contributed by atoms with Crippen LogP contribution in [0.15, 0.2) is 51.4 Å². The number of fused-ring (bicyclic) bond motifs is 1. The standard InChI is InChI=1S/C25H20BrF3N4O3S/c1-2-21-31-23(15-8-9-15)19(12-30)33(21)13-14-7-10-20-17(11-14)22(26)24(36-20)16-5-3-4-6-18(16)32-37(34,35)25(27,28)29/h3-7,10-11,15,32H,2,8-9,13H2,1H3/i12+1. The zero-order chi connectivity index (χ0) is 26.5. The Labute approximate surface area is 219 Å². The Kier molecular flexibility index (Phi) is 6.32. The molecule has 1 N–H and O–H groups in total. The number of hydrogen-bond acceptors (Lipinski definition) is 5. The molecule has 7 nitrogen and oxygen atoms in total. The fourth-order valence-electron chi connectivity index (χ4n) is 4.26. The summed E-state index contributed by atoms with van der Waals surface area (Å²) in [6.45, 7) is 2.40. The molecule has 1 saturated carbocycles. The van der Waals surface area contributed by atoms with Gasteiger partial charge in [0.25, 0.3) is 0 Å². The number of hydrogen-bond donors (Lipinski definition) is 1. The van der Waals surface area contributed by atoms with Gasteiger partial charge in [-0.05, 0) is 58.6 Å². The van der Waals surface area contributed by atoms with E-state index in [1.165, 1.54) is 18.2 Å². The third kappa shape index (κ3) is 4.62. The SMILES string of the molecule is CCc1nc(C2CC2)c([13C]#N)n1Cc1ccc2oc(-c3ccccc3NS(=O)(=O)C(F)(F)F)c(Br)c2c1. The third-order valence-electron chi connectivity index (χ3n) is 6.21. The van der Waals surface area contributed by atoms with Crippen LogP contribution < -0.4 is 4.72 Å². The van der Waals surface area contributed by atoms with Gasteiger partial charge in [0, 0.05) is 23.3 Å². The van der Waals surface area contributed by atoms with Crippen LogP contribution in [0.1, 0.15) is 48.5 Å². The van der Waals surface area contributed by atoms with E-state index in [-0.39, 0.29) is 17.0 Å². The fraction of sp³-hybridized carbons (Fsp3) is 0.280. The van der Waals surface area contributed by atoms with Gasteiger partial charge < -0.3 is 8.98 Å². The molecule has 0 atom stereocenters. The lowest BCUT2D eigenvalue weighted by atomic mass is 10.1. The minimum Gasteiger partial charge on any atom is -0.455 e. The molecule has 2 aromatic carbocycles. The molecule has 0 radical (unpaired) electrons. The van der Waals surface area contributed by atoms with E-state index in [4.69, 9.17) is 9.40 Å². The van der Waals surface area contributed by atoms with Gasteiger partial charge >= 0.3 is 15.5 Å². The van der Waals surface area contributed by atoms with Crippen molar-refractivity contribution in [1.82, 2.24) is 9.55 Å². The van der Waals surface area contributed by atoms with E-state index in [9.17, 15) is 26.9 Å². The maximum atomic E-state index is 13.0. The Balaban J connectivity index is 1.54. The van der Waals surface area contributed by atoms with Crippen LogP contribution in [0.2, 0.25) is 0 Å². The van der Waals surface area contributed by atoms with Crippen molar-refractivity contribution >= 4 is 42.6 Å². The predicted octanol–water partition coefficient (Wildman–Crippen LogP) is 6.68. The molecule has 0 aliphatic heterocycles. The summed E-state index contributed by atoms with van der Waals surface area (Å²) in [5.74, 6) is 1.35. The maximum Gasteiger partial charge on any atom is 0.516 e. The first-order valence-corrected chi connectivity index (χ1v) is 13.7. The van der Waals surface area contributed by atoms with Gasteiger partial charge in [-0.3, -0.25) is 4.72 Å². The molecule has 0 bridgehead atoms. The largest absolute Gasteiger partial charge is 0.516 e. The Morgan fingerprint density at radius 3 is 2.62 bits per heavy atom. The van der Waals surface area contributed by atoms with Crippen molar-refractivity contribution in [1.29, 1.82) is 5.26 Å². The number of rotatable bonds is 7. The number of furan rings is 1. The minimum atomic E-state index is -5.62. The molecule has 0 amide bonds. The highest BCUT2D eigenvalue weighted by atomic mass is 79.9. The molecule has 2 heterocycles. The molecule has 0 unspecified atom stereocenters. The van der Waals surface area contributed by atoms with Crippen molar-refractivity contribution in [3.63, 3.8) is 0 Å². The lowest BCUT2D eigenvalue weighted by molar-refractivity contribution is -0.0429. The van der Waals surface area contributed by atoms with Crippen molar-refractivity contribution in [3.05, 3.63) is 69.7 Å². The number of nitriles is 1. The molecule has 1 aliphatic rings. The second-order valence-corrected chi connectivity index (χ2v) is 11.2. The number of imidazole rings is 1. The van der Waals surface area contributed by atoms with Crippen molar-refractivity contribution < 1.29 is 26.0 Å². The summed E-state index contributed by atoms with van der Waals surface area (Å²) >= 11 is 3.48. The number of alkyl halides is 3. The van der Waals surface area contributed by atoms with Crippen LogP contribution in [-0.2, 0) is 23.0 Å². The Hall–Kier alpha value is -3.30. The van der Waals surface area contributed by atoms with Crippen LogP contribution in [0.4, 0.5) is 18.9 Å². The second-order valence-electron chi connectivity index (χ2n) is 8.76. The van der Waals surface area contributed by atoms with Crippen molar-refractivity contribution in [2.75, 3.05) is 4.72 Å². The average molecular weight is 594 g/mol. The molecule has 4 aromatic rings. The summed E-state index contributed by atoms with van der Waals surface area (Å²) in [4.78, 5) is 4.71. The van der Waals surface area contributed by atoms with Gasteiger partial charge in [-0.25, -0.2) is 4.98 Å². The summed E-state index contributed by atoms with van der Waals surface area (Å²) in [5.41, 5.74) is -2.84. The molecule has 1 fully saturated rings. The molecular formula is C25H20BrF3N4O3S. The highest BCUT2D eigenvalue weighted by Gasteiger charge is 2.46. The van der Waals surface area contributed by atoms with Gasteiger partial charge in [-0.15, -0.1) is 0 Å². The van der Waals surface area contributed by atoms with E-state index in [0.29, 0.717) is 40.0 Å². The number of nitrogens with zero attached hydrogens (tertiary/aromatic N) is 3. The zero-order valence-electron chi connectivity index (χ0n) is 19.4. The predicted molar refractivity (Wildman–Crippen MR) is 135 cm³/mol. The lowest BCUT2D eigenvalue weighted by Crippen LogP contribution is -2.30. The highest BCUT2D eigenvalue weighted by molar-refractivity contribution is 9.10. The second kappa shape index (κ2) is 9.22. The number of aromatic nitrogens is 2. The first-order valence-electron chi connectivity index (χ1n) is 11.4. The molecule has 2 aromatic heterocycles. The van der Waals surface area contributed by atoms with Gasteiger partial charge in [0.1, 0.15) is 23.2 Å². The van der Waals surface area contributed by atoms with Crippen LogP contribution in [0.3, 0.4) is 0 Å². The first kappa shape index (κ1) is 25.4. The first-order chi connectivity index (χ1) is 17.5. The van der Waals surface area contributed by atoms with Crippen LogP contribution in [0, 0.1) is 11.3 Å². The summed E-state index contributed by atoms with van der Waals surface area (Å²) in [5, 5.41) is 10.5. The lowest BCUT2D eigenvalue weighted by Gasteiger charge is -2.13. The summed E-state index contributed by atoms with van der Waals surface area (Å²) in [6, 6.07) is 13.4. The molecule has 5 rings (SSSR count).